The minimum absolute atomic E-state index is 0.0358. The van der Waals surface area contributed by atoms with Gasteiger partial charge in [0.25, 0.3) is 5.56 Å². The summed E-state index contributed by atoms with van der Waals surface area (Å²) in [5.74, 6) is 1.37. The Morgan fingerprint density at radius 1 is 1.11 bits per heavy atom. The number of piperazine rings is 1. The summed E-state index contributed by atoms with van der Waals surface area (Å²) in [4.78, 5) is 16.7. The number of aromatic nitrogens is 1. The monoisotopic (exact) mass is 489 g/mol. The Hall–Kier alpha value is -3.13. The summed E-state index contributed by atoms with van der Waals surface area (Å²) in [6.07, 6.45) is 1.93. The lowest BCUT2D eigenvalue weighted by Gasteiger charge is -2.33. The maximum absolute atomic E-state index is 13.0. The van der Waals surface area contributed by atoms with Crippen LogP contribution in [0.15, 0.2) is 65.6 Å². The van der Waals surface area contributed by atoms with E-state index < -0.39 is 0 Å². The van der Waals surface area contributed by atoms with Gasteiger partial charge in [-0.1, -0.05) is 36.4 Å². The molecule has 0 aliphatic carbocycles. The van der Waals surface area contributed by atoms with Gasteiger partial charge in [0.1, 0.15) is 6.61 Å². The van der Waals surface area contributed by atoms with Crippen LogP contribution in [-0.2, 0) is 20.2 Å². The number of methoxy groups -OCH3 is 1. The van der Waals surface area contributed by atoms with Crippen LogP contribution in [0.2, 0.25) is 0 Å². The van der Waals surface area contributed by atoms with Gasteiger partial charge in [0.2, 0.25) is 0 Å². The fourth-order valence-electron chi connectivity index (χ4n) is 4.60. The van der Waals surface area contributed by atoms with Gasteiger partial charge in [0, 0.05) is 60.6 Å². The lowest BCUT2D eigenvalue weighted by Crippen LogP contribution is -2.49. The highest BCUT2D eigenvalue weighted by Gasteiger charge is 2.21. The van der Waals surface area contributed by atoms with Crippen LogP contribution in [0.5, 0.6) is 11.5 Å². The third-order valence-electron chi connectivity index (χ3n) is 6.61. The zero-order valence-corrected chi connectivity index (χ0v) is 21.2. The van der Waals surface area contributed by atoms with Gasteiger partial charge in [-0.2, -0.15) is 0 Å². The van der Waals surface area contributed by atoms with E-state index in [0.717, 1.165) is 53.0 Å². The molecule has 0 radical (unpaired) electrons. The van der Waals surface area contributed by atoms with Crippen LogP contribution in [0.1, 0.15) is 17.4 Å². The Kier molecular flexibility index (Phi) is 6.90. The summed E-state index contributed by atoms with van der Waals surface area (Å²) in [5, 5.41) is 4.22. The van der Waals surface area contributed by atoms with Crippen molar-refractivity contribution < 1.29 is 9.47 Å². The van der Waals surface area contributed by atoms with E-state index >= 15 is 0 Å². The molecule has 2 aromatic heterocycles. The topological polar surface area (TPSA) is 55.7 Å². The maximum Gasteiger partial charge on any atom is 0.259 e. The molecule has 1 aliphatic rings. The molecule has 1 atom stereocenters. The number of benzene rings is 2. The number of nitrogens with zero attached hydrogens (tertiary/aromatic N) is 2. The molecule has 0 spiro atoms. The van der Waals surface area contributed by atoms with Crippen molar-refractivity contribution in [3.05, 3.63) is 81.6 Å². The van der Waals surface area contributed by atoms with Crippen LogP contribution in [-0.4, -0.2) is 42.3 Å². The van der Waals surface area contributed by atoms with Gasteiger partial charge in [-0.05, 0) is 36.2 Å². The van der Waals surface area contributed by atoms with E-state index in [9.17, 15) is 4.79 Å². The molecule has 0 bridgehead atoms. The number of rotatable bonds is 7. The predicted molar refractivity (Wildman–Crippen MR) is 143 cm³/mol. The molecule has 182 valence electrons. The highest BCUT2D eigenvalue weighted by atomic mass is 32.1. The number of fused-ring (bicyclic) bond motifs is 1. The van der Waals surface area contributed by atoms with E-state index in [0.29, 0.717) is 24.1 Å². The highest BCUT2D eigenvalue weighted by molar-refractivity contribution is 7.19. The molecule has 0 amide bonds. The van der Waals surface area contributed by atoms with Crippen molar-refractivity contribution in [3.8, 4) is 22.6 Å². The molecule has 5 rings (SSSR count). The van der Waals surface area contributed by atoms with Crippen LogP contribution in [0.4, 0.5) is 0 Å². The van der Waals surface area contributed by atoms with Crippen molar-refractivity contribution in [2.45, 2.75) is 26.1 Å². The third kappa shape index (κ3) is 4.98. The number of thiophene rings is 1. The second-order valence-electron chi connectivity index (χ2n) is 9.08. The first-order chi connectivity index (χ1) is 17.0. The van der Waals surface area contributed by atoms with Gasteiger partial charge < -0.3 is 19.4 Å². The van der Waals surface area contributed by atoms with Gasteiger partial charge in [-0.3, -0.25) is 9.69 Å². The van der Waals surface area contributed by atoms with Gasteiger partial charge in [-0.15, -0.1) is 11.3 Å². The molecular weight excluding hydrogens is 458 g/mol. The van der Waals surface area contributed by atoms with Crippen LogP contribution in [0, 0.1) is 0 Å². The first kappa shape index (κ1) is 23.6. The fourth-order valence-corrected chi connectivity index (χ4v) is 5.80. The highest BCUT2D eigenvalue weighted by Crippen LogP contribution is 2.38. The molecule has 3 heterocycles. The van der Waals surface area contributed by atoms with E-state index in [1.165, 1.54) is 4.88 Å². The van der Waals surface area contributed by atoms with Crippen LogP contribution in [0.3, 0.4) is 0 Å². The quantitative estimate of drug-likeness (QED) is 0.410. The Balaban J connectivity index is 1.51. The molecule has 1 aliphatic heterocycles. The average molecular weight is 490 g/mol. The van der Waals surface area contributed by atoms with Crippen molar-refractivity contribution >= 4 is 21.4 Å². The molecule has 6 nitrogen and oxygen atoms in total. The van der Waals surface area contributed by atoms with E-state index in [1.807, 2.05) is 61.8 Å². The second-order valence-corrected chi connectivity index (χ2v) is 10.2. The molecule has 35 heavy (non-hydrogen) atoms. The van der Waals surface area contributed by atoms with Crippen molar-refractivity contribution in [3.63, 3.8) is 0 Å². The zero-order valence-electron chi connectivity index (χ0n) is 20.4. The predicted octanol–water partition coefficient (Wildman–Crippen LogP) is 4.65. The standard InChI is InChI=1S/C28H31N3O3S/c1-19-15-29-11-12-31(19)16-22-14-23-27(35-22)24(17-30(2)28(23)32)21-9-10-25(33-3)26(13-21)34-18-20-7-5-4-6-8-20/h4-10,13-14,17,19,29H,11-12,15-16,18H2,1-3H3. The van der Waals surface area contributed by atoms with E-state index in [4.69, 9.17) is 9.47 Å². The number of aryl methyl sites for hydroxylation is 1. The molecule has 1 fully saturated rings. The van der Waals surface area contributed by atoms with Crippen LogP contribution < -0.4 is 20.3 Å². The average Bonchev–Trinajstić information content (AvgIpc) is 3.31. The summed E-state index contributed by atoms with van der Waals surface area (Å²) in [5.41, 5.74) is 3.15. The van der Waals surface area contributed by atoms with Crippen molar-refractivity contribution in [2.24, 2.45) is 7.05 Å². The summed E-state index contributed by atoms with van der Waals surface area (Å²) in [7, 11) is 3.47. The number of pyridine rings is 1. The SMILES string of the molecule is COc1ccc(-c2cn(C)c(=O)c3cc(CN4CCNCC4C)sc23)cc1OCc1ccccc1. The lowest BCUT2D eigenvalue weighted by molar-refractivity contribution is 0.167. The van der Waals surface area contributed by atoms with Gasteiger partial charge in [0.15, 0.2) is 11.5 Å². The zero-order chi connectivity index (χ0) is 24.4. The van der Waals surface area contributed by atoms with E-state index in [1.54, 1.807) is 23.0 Å². The van der Waals surface area contributed by atoms with Crippen molar-refractivity contribution in [1.82, 2.24) is 14.8 Å². The fraction of sp³-hybridized carbons (Fsp3) is 0.321. The van der Waals surface area contributed by atoms with Gasteiger partial charge in [-0.25, -0.2) is 0 Å². The molecular formula is C28H31N3O3S. The van der Waals surface area contributed by atoms with Crippen molar-refractivity contribution in [2.75, 3.05) is 26.7 Å². The summed E-state index contributed by atoms with van der Waals surface area (Å²) < 4.78 is 14.4. The second kappa shape index (κ2) is 10.2. The third-order valence-corrected chi connectivity index (χ3v) is 7.76. The Morgan fingerprint density at radius 2 is 1.94 bits per heavy atom. The molecule has 4 aromatic rings. The van der Waals surface area contributed by atoms with E-state index in [2.05, 4.69) is 23.2 Å². The molecule has 2 aromatic carbocycles. The number of hydrogen-bond donors (Lipinski definition) is 1. The maximum atomic E-state index is 13.0. The Morgan fingerprint density at radius 3 is 2.71 bits per heavy atom. The van der Waals surface area contributed by atoms with Crippen LogP contribution >= 0.6 is 11.3 Å². The smallest absolute Gasteiger partial charge is 0.259 e. The lowest BCUT2D eigenvalue weighted by atomic mass is 10.1. The normalized spacial score (nSPS) is 16.5. The van der Waals surface area contributed by atoms with Gasteiger partial charge >= 0.3 is 0 Å². The summed E-state index contributed by atoms with van der Waals surface area (Å²) >= 11 is 1.72. The first-order valence-corrected chi connectivity index (χ1v) is 12.8. The number of nitrogens with one attached hydrogen (secondary N) is 1. The molecule has 1 N–H and O–H groups in total. The number of ether oxygens (including phenoxy) is 2. The largest absolute Gasteiger partial charge is 0.493 e. The Bertz CT molecular complexity index is 1380. The molecule has 0 saturated carbocycles. The van der Waals surface area contributed by atoms with Crippen LogP contribution in [0.25, 0.3) is 21.2 Å². The molecule has 1 saturated heterocycles. The minimum Gasteiger partial charge on any atom is -0.493 e. The number of hydrogen-bond acceptors (Lipinski definition) is 6. The summed E-state index contributed by atoms with van der Waals surface area (Å²) in [6, 6.07) is 18.6. The summed E-state index contributed by atoms with van der Waals surface area (Å²) in [6.45, 7) is 6.57. The molecule has 1 unspecified atom stereocenters. The first-order valence-electron chi connectivity index (χ1n) is 12.0. The minimum atomic E-state index is 0.0358. The Labute approximate surface area is 209 Å². The van der Waals surface area contributed by atoms with Gasteiger partial charge in [0.05, 0.1) is 12.5 Å². The van der Waals surface area contributed by atoms with E-state index in [-0.39, 0.29) is 5.56 Å². The van der Waals surface area contributed by atoms with Crippen molar-refractivity contribution in [1.29, 1.82) is 0 Å². The molecule has 7 heteroatoms.